The standard InChI is InChI=1S/C13H12N2O2/c1-17-12-5-3-2-4-10(12)11(16)6-7-13-14-8-9-15-13/h2-9H,1H3,(H,14,15). The first kappa shape index (κ1) is 11.1. The van der Waals surface area contributed by atoms with Crippen molar-refractivity contribution in [3.63, 3.8) is 0 Å². The molecule has 2 rings (SSSR count). The van der Waals surface area contributed by atoms with E-state index < -0.39 is 0 Å². The highest BCUT2D eigenvalue weighted by Crippen LogP contribution is 2.18. The van der Waals surface area contributed by atoms with E-state index >= 15 is 0 Å². The van der Waals surface area contributed by atoms with Crippen molar-refractivity contribution in [1.29, 1.82) is 0 Å². The minimum Gasteiger partial charge on any atom is -0.496 e. The predicted molar refractivity (Wildman–Crippen MR) is 64.9 cm³/mol. The molecule has 0 bridgehead atoms. The molecule has 0 amide bonds. The molecule has 0 aliphatic rings. The molecule has 0 spiro atoms. The molecule has 0 aliphatic heterocycles. The van der Waals surface area contributed by atoms with E-state index in [0.717, 1.165) is 0 Å². The number of ether oxygens (including phenoxy) is 1. The maximum absolute atomic E-state index is 11.9. The first-order valence-electron chi connectivity index (χ1n) is 5.16. The van der Waals surface area contributed by atoms with Crippen molar-refractivity contribution < 1.29 is 9.53 Å². The lowest BCUT2D eigenvalue weighted by Gasteiger charge is -2.03. The Morgan fingerprint density at radius 2 is 2.24 bits per heavy atom. The molecule has 86 valence electrons. The first-order valence-corrected chi connectivity index (χ1v) is 5.16. The molecule has 2 aromatic rings. The van der Waals surface area contributed by atoms with Crippen LogP contribution in [-0.2, 0) is 0 Å². The van der Waals surface area contributed by atoms with E-state index in [4.69, 9.17) is 4.74 Å². The molecule has 4 heteroatoms. The Hall–Kier alpha value is -2.36. The van der Waals surface area contributed by atoms with Crippen LogP contribution in [0.4, 0.5) is 0 Å². The van der Waals surface area contributed by atoms with Gasteiger partial charge < -0.3 is 9.72 Å². The number of rotatable bonds is 4. The predicted octanol–water partition coefficient (Wildman–Crippen LogP) is 2.31. The van der Waals surface area contributed by atoms with Gasteiger partial charge in [0, 0.05) is 12.4 Å². The summed E-state index contributed by atoms with van der Waals surface area (Å²) in [7, 11) is 1.54. The number of allylic oxidation sites excluding steroid dienone is 1. The van der Waals surface area contributed by atoms with Crippen molar-refractivity contribution in [3.05, 3.63) is 54.1 Å². The fraction of sp³-hybridized carbons (Fsp3) is 0.0769. The van der Waals surface area contributed by atoms with Crippen molar-refractivity contribution in [2.24, 2.45) is 0 Å². The summed E-state index contributed by atoms with van der Waals surface area (Å²) in [6.45, 7) is 0. The molecule has 0 aliphatic carbocycles. The number of imidazole rings is 1. The number of aromatic amines is 1. The maximum atomic E-state index is 11.9. The SMILES string of the molecule is COc1ccccc1C(=O)C=Cc1ncc[nH]1. The third-order valence-corrected chi connectivity index (χ3v) is 2.28. The van der Waals surface area contributed by atoms with Crippen LogP contribution in [0.1, 0.15) is 16.2 Å². The fourth-order valence-corrected chi connectivity index (χ4v) is 1.46. The highest BCUT2D eigenvalue weighted by molar-refractivity contribution is 6.08. The molecular weight excluding hydrogens is 216 g/mol. The summed E-state index contributed by atoms with van der Waals surface area (Å²) in [5.74, 6) is 1.11. The number of carbonyl (C=O) groups excluding carboxylic acids is 1. The number of methoxy groups -OCH3 is 1. The molecule has 1 heterocycles. The highest BCUT2D eigenvalue weighted by atomic mass is 16.5. The van der Waals surface area contributed by atoms with Crippen molar-refractivity contribution in [2.75, 3.05) is 7.11 Å². The highest BCUT2D eigenvalue weighted by Gasteiger charge is 2.07. The van der Waals surface area contributed by atoms with E-state index in [1.807, 2.05) is 6.07 Å². The third-order valence-electron chi connectivity index (χ3n) is 2.28. The van der Waals surface area contributed by atoms with E-state index in [-0.39, 0.29) is 5.78 Å². The minimum absolute atomic E-state index is 0.112. The van der Waals surface area contributed by atoms with Crippen molar-refractivity contribution in [3.8, 4) is 5.75 Å². The Balaban J connectivity index is 2.20. The molecule has 0 unspecified atom stereocenters. The van der Waals surface area contributed by atoms with Crippen LogP contribution < -0.4 is 4.74 Å². The van der Waals surface area contributed by atoms with Gasteiger partial charge in [-0.1, -0.05) is 12.1 Å². The smallest absolute Gasteiger partial charge is 0.189 e. The van der Waals surface area contributed by atoms with E-state index in [1.54, 1.807) is 43.8 Å². The van der Waals surface area contributed by atoms with Gasteiger partial charge in [0.05, 0.1) is 12.7 Å². The van der Waals surface area contributed by atoms with Gasteiger partial charge in [-0.05, 0) is 24.3 Å². The molecule has 0 saturated carbocycles. The normalized spacial score (nSPS) is 10.6. The van der Waals surface area contributed by atoms with Crippen molar-refractivity contribution >= 4 is 11.9 Å². The van der Waals surface area contributed by atoms with Gasteiger partial charge in [-0.3, -0.25) is 4.79 Å². The number of benzene rings is 1. The Morgan fingerprint density at radius 1 is 1.41 bits per heavy atom. The number of para-hydroxylation sites is 1. The topological polar surface area (TPSA) is 55.0 Å². The summed E-state index contributed by atoms with van der Waals surface area (Å²) in [6.07, 6.45) is 6.44. The number of hydrogen-bond donors (Lipinski definition) is 1. The van der Waals surface area contributed by atoms with Gasteiger partial charge in [-0.2, -0.15) is 0 Å². The average Bonchev–Trinajstić information content (AvgIpc) is 2.89. The van der Waals surface area contributed by atoms with Crippen LogP contribution in [-0.4, -0.2) is 22.9 Å². The second kappa shape index (κ2) is 5.12. The summed E-state index contributed by atoms with van der Waals surface area (Å²) < 4.78 is 5.13. The summed E-state index contributed by atoms with van der Waals surface area (Å²) in [5, 5.41) is 0. The number of nitrogens with zero attached hydrogens (tertiary/aromatic N) is 1. The summed E-state index contributed by atoms with van der Waals surface area (Å²) in [4.78, 5) is 18.8. The van der Waals surface area contributed by atoms with Crippen LogP contribution in [0.2, 0.25) is 0 Å². The molecule has 1 N–H and O–H groups in total. The zero-order valence-corrected chi connectivity index (χ0v) is 9.38. The lowest BCUT2D eigenvalue weighted by molar-refractivity contribution is 0.104. The lowest BCUT2D eigenvalue weighted by Crippen LogP contribution is -1.98. The number of H-pyrrole nitrogens is 1. The molecule has 0 atom stereocenters. The Morgan fingerprint density at radius 3 is 2.94 bits per heavy atom. The summed E-state index contributed by atoms with van der Waals surface area (Å²) in [6, 6.07) is 7.12. The van der Waals surface area contributed by atoms with Gasteiger partial charge in [-0.25, -0.2) is 4.98 Å². The second-order valence-corrected chi connectivity index (χ2v) is 3.37. The molecule has 17 heavy (non-hydrogen) atoms. The fourth-order valence-electron chi connectivity index (χ4n) is 1.46. The Bertz CT molecular complexity index is 530. The maximum Gasteiger partial charge on any atom is 0.189 e. The summed E-state index contributed by atoms with van der Waals surface area (Å²) in [5.41, 5.74) is 0.540. The monoisotopic (exact) mass is 228 g/mol. The van der Waals surface area contributed by atoms with Gasteiger partial charge >= 0.3 is 0 Å². The molecule has 1 aromatic heterocycles. The van der Waals surface area contributed by atoms with Crippen molar-refractivity contribution in [2.45, 2.75) is 0 Å². The van der Waals surface area contributed by atoms with Gasteiger partial charge in [0.25, 0.3) is 0 Å². The second-order valence-electron chi connectivity index (χ2n) is 3.37. The lowest BCUT2D eigenvalue weighted by atomic mass is 10.1. The zero-order valence-electron chi connectivity index (χ0n) is 9.38. The third kappa shape index (κ3) is 2.60. The summed E-state index contributed by atoms with van der Waals surface area (Å²) >= 11 is 0. The quantitative estimate of drug-likeness (QED) is 0.645. The van der Waals surface area contributed by atoms with E-state index in [0.29, 0.717) is 17.1 Å². The van der Waals surface area contributed by atoms with Crippen LogP contribution in [0.3, 0.4) is 0 Å². The minimum atomic E-state index is -0.112. The Kier molecular flexibility index (Phi) is 3.35. The van der Waals surface area contributed by atoms with Crippen molar-refractivity contribution in [1.82, 2.24) is 9.97 Å². The number of aromatic nitrogens is 2. The van der Waals surface area contributed by atoms with Gasteiger partial charge in [0.1, 0.15) is 11.6 Å². The van der Waals surface area contributed by atoms with Crippen LogP contribution in [0, 0.1) is 0 Å². The van der Waals surface area contributed by atoms with Gasteiger partial charge in [0.15, 0.2) is 5.78 Å². The molecule has 0 saturated heterocycles. The zero-order chi connectivity index (χ0) is 12.1. The molecular formula is C13H12N2O2. The van der Waals surface area contributed by atoms with E-state index in [2.05, 4.69) is 9.97 Å². The van der Waals surface area contributed by atoms with E-state index in [9.17, 15) is 4.79 Å². The van der Waals surface area contributed by atoms with Gasteiger partial charge in [-0.15, -0.1) is 0 Å². The molecule has 0 radical (unpaired) electrons. The van der Waals surface area contributed by atoms with Crippen LogP contribution in [0.15, 0.2) is 42.7 Å². The molecule has 0 fully saturated rings. The number of carbonyl (C=O) groups is 1. The Labute approximate surface area is 99.0 Å². The molecule has 4 nitrogen and oxygen atoms in total. The molecule has 1 aromatic carbocycles. The average molecular weight is 228 g/mol. The van der Waals surface area contributed by atoms with E-state index in [1.165, 1.54) is 6.08 Å². The van der Waals surface area contributed by atoms with Crippen LogP contribution in [0.25, 0.3) is 6.08 Å². The largest absolute Gasteiger partial charge is 0.496 e. The van der Waals surface area contributed by atoms with Gasteiger partial charge in [0.2, 0.25) is 0 Å². The number of hydrogen-bond acceptors (Lipinski definition) is 3. The van der Waals surface area contributed by atoms with Crippen LogP contribution >= 0.6 is 0 Å². The van der Waals surface area contributed by atoms with Crippen LogP contribution in [0.5, 0.6) is 5.75 Å². The first-order chi connectivity index (χ1) is 8.31. The number of ketones is 1. The number of nitrogens with one attached hydrogen (secondary N) is 1.